The van der Waals surface area contributed by atoms with E-state index in [0.29, 0.717) is 16.7 Å². The molecule has 0 spiro atoms. The first-order chi connectivity index (χ1) is 16.4. The largest absolute Gasteiger partial charge is 0.457 e. The molecule has 0 aliphatic carbocycles. The number of hydrogen-bond acceptors (Lipinski definition) is 6. The Morgan fingerprint density at radius 2 is 1.62 bits per heavy atom. The predicted molar refractivity (Wildman–Crippen MR) is 136 cm³/mol. The van der Waals surface area contributed by atoms with Crippen molar-refractivity contribution in [2.45, 2.75) is 20.1 Å². The molecule has 0 bridgehead atoms. The van der Waals surface area contributed by atoms with Crippen LogP contribution in [0.25, 0.3) is 11.0 Å². The Kier molecular flexibility index (Phi) is 6.97. The number of anilines is 2. The van der Waals surface area contributed by atoms with Crippen LogP contribution in [0.3, 0.4) is 0 Å². The summed E-state index contributed by atoms with van der Waals surface area (Å²) < 4.78 is 10.9. The molecule has 0 atom stereocenters. The average molecular weight is 457 g/mol. The normalized spacial score (nSPS) is 10.8. The van der Waals surface area contributed by atoms with Gasteiger partial charge in [-0.15, -0.1) is 0 Å². The lowest BCUT2D eigenvalue weighted by atomic mass is 10.1. The molecule has 1 heterocycles. The molecule has 0 aliphatic heterocycles. The molecular formula is C28H28N2O4. The van der Waals surface area contributed by atoms with Crippen molar-refractivity contribution in [3.63, 3.8) is 0 Å². The molecule has 6 heteroatoms. The Morgan fingerprint density at radius 1 is 0.912 bits per heavy atom. The van der Waals surface area contributed by atoms with Crippen LogP contribution in [0.5, 0.6) is 0 Å². The Hall–Kier alpha value is -4.06. The molecular weight excluding hydrogens is 428 g/mol. The van der Waals surface area contributed by atoms with Crippen LogP contribution in [-0.4, -0.2) is 26.6 Å². The molecule has 34 heavy (non-hydrogen) atoms. The smallest absolute Gasteiger partial charge is 0.338 e. The summed E-state index contributed by atoms with van der Waals surface area (Å²) in [5.74, 6) is -0.434. The summed E-state index contributed by atoms with van der Waals surface area (Å²) in [4.78, 5) is 28.8. The Labute approximate surface area is 199 Å². The van der Waals surface area contributed by atoms with Crippen molar-refractivity contribution < 1.29 is 13.9 Å². The van der Waals surface area contributed by atoms with E-state index < -0.39 is 11.6 Å². The molecule has 0 aliphatic rings. The molecule has 0 saturated heterocycles. The maximum atomic E-state index is 12.3. The van der Waals surface area contributed by atoms with E-state index in [1.165, 1.54) is 11.6 Å². The minimum absolute atomic E-state index is 0.00904. The molecule has 0 N–H and O–H groups in total. The van der Waals surface area contributed by atoms with Gasteiger partial charge in [0.15, 0.2) is 0 Å². The molecule has 4 aromatic rings. The fraction of sp³-hybridized carbons (Fsp3) is 0.214. The van der Waals surface area contributed by atoms with E-state index in [1.807, 2.05) is 38.4 Å². The summed E-state index contributed by atoms with van der Waals surface area (Å²) in [5, 5.41) is 0.746. The molecule has 0 radical (unpaired) electrons. The maximum Gasteiger partial charge on any atom is 0.338 e. The molecule has 0 amide bonds. The number of benzene rings is 3. The Balaban J connectivity index is 1.55. The zero-order valence-electron chi connectivity index (χ0n) is 19.7. The third-order valence-electron chi connectivity index (χ3n) is 5.76. The first kappa shape index (κ1) is 23.1. The van der Waals surface area contributed by atoms with Crippen LogP contribution in [-0.2, 0) is 17.9 Å². The molecule has 4 rings (SSSR count). The molecule has 0 saturated carbocycles. The first-order valence-corrected chi connectivity index (χ1v) is 11.2. The summed E-state index contributed by atoms with van der Waals surface area (Å²) in [6.07, 6.45) is 0. The lowest BCUT2D eigenvalue weighted by Crippen LogP contribution is -2.22. The van der Waals surface area contributed by atoms with E-state index in [2.05, 4.69) is 41.0 Å². The molecule has 6 nitrogen and oxygen atoms in total. The van der Waals surface area contributed by atoms with Gasteiger partial charge in [0.2, 0.25) is 0 Å². The second-order valence-corrected chi connectivity index (χ2v) is 8.29. The van der Waals surface area contributed by atoms with E-state index in [4.69, 9.17) is 9.15 Å². The van der Waals surface area contributed by atoms with Gasteiger partial charge >= 0.3 is 11.6 Å². The number of nitrogens with zero attached hydrogens (tertiary/aromatic N) is 2. The van der Waals surface area contributed by atoms with Crippen molar-refractivity contribution in [1.82, 2.24) is 0 Å². The van der Waals surface area contributed by atoms with Crippen LogP contribution in [0.4, 0.5) is 11.4 Å². The molecule has 0 unspecified atom stereocenters. The van der Waals surface area contributed by atoms with Gasteiger partial charge in [0, 0.05) is 61.6 Å². The topological polar surface area (TPSA) is 63.0 Å². The van der Waals surface area contributed by atoms with Crippen molar-refractivity contribution in [1.29, 1.82) is 0 Å². The summed E-state index contributed by atoms with van der Waals surface area (Å²) >= 11 is 0. The molecule has 3 aromatic carbocycles. The van der Waals surface area contributed by atoms with Crippen molar-refractivity contribution >= 4 is 28.3 Å². The van der Waals surface area contributed by atoms with Crippen LogP contribution in [0.2, 0.25) is 0 Å². The lowest BCUT2D eigenvalue weighted by Gasteiger charge is -2.24. The van der Waals surface area contributed by atoms with E-state index in [9.17, 15) is 9.59 Å². The highest BCUT2D eigenvalue weighted by atomic mass is 16.5. The minimum atomic E-state index is -0.474. The summed E-state index contributed by atoms with van der Waals surface area (Å²) in [6, 6.07) is 24.4. The maximum absolute atomic E-state index is 12.3. The van der Waals surface area contributed by atoms with Gasteiger partial charge in [-0.05, 0) is 48.9 Å². The number of fused-ring (bicyclic) bond motifs is 1. The highest BCUT2D eigenvalue weighted by molar-refractivity contribution is 5.89. The van der Waals surface area contributed by atoms with Gasteiger partial charge in [0.1, 0.15) is 12.2 Å². The molecule has 0 fully saturated rings. The van der Waals surface area contributed by atoms with Crippen LogP contribution >= 0.6 is 0 Å². The highest BCUT2D eigenvalue weighted by Gasteiger charge is 2.13. The number of hydrogen-bond donors (Lipinski definition) is 0. The number of esters is 1. The lowest BCUT2D eigenvalue weighted by molar-refractivity contribution is 0.0474. The highest BCUT2D eigenvalue weighted by Crippen LogP contribution is 2.26. The third-order valence-corrected chi connectivity index (χ3v) is 5.76. The monoisotopic (exact) mass is 456 g/mol. The summed E-state index contributed by atoms with van der Waals surface area (Å²) in [7, 11) is 4.04. The van der Waals surface area contributed by atoms with Gasteiger partial charge < -0.3 is 19.0 Å². The second kappa shape index (κ2) is 10.3. The van der Waals surface area contributed by atoms with E-state index in [1.54, 1.807) is 24.3 Å². The van der Waals surface area contributed by atoms with E-state index >= 15 is 0 Å². The molecule has 1 aromatic heterocycles. The predicted octanol–water partition coefficient (Wildman–Crippen LogP) is 5.24. The van der Waals surface area contributed by atoms with Crippen LogP contribution in [0, 0.1) is 0 Å². The van der Waals surface area contributed by atoms with Gasteiger partial charge in [0.05, 0.1) is 5.56 Å². The third kappa shape index (κ3) is 5.29. The van der Waals surface area contributed by atoms with Gasteiger partial charge in [-0.3, -0.25) is 0 Å². The zero-order valence-corrected chi connectivity index (χ0v) is 19.7. The number of carbonyl (C=O) groups excluding carboxylic acids is 1. The summed E-state index contributed by atoms with van der Waals surface area (Å²) in [5.41, 5.74) is 4.37. The second-order valence-electron chi connectivity index (χ2n) is 8.29. The van der Waals surface area contributed by atoms with Crippen LogP contribution < -0.4 is 15.4 Å². The summed E-state index contributed by atoms with van der Waals surface area (Å²) in [6.45, 7) is 3.60. The van der Waals surface area contributed by atoms with E-state index in [-0.39, 0.29) is 6.61 Å². The zero-order chi connectivity index (χ0) is 24.1. The first-order valence-electron chi connectivity index (χ1n) is 11.2. The van der Waals surface area contributed by atoms with Gasteiger partial charge in [-0.2, -0.15) is 0 Å². The van der Waals surface area contributed by atoms with Gasteiger partial charge in [-0.1, -0.05) is 30.3 Å². The number of ether oxygens (including phenoxy) is 1. The standard InChI is InChI=1S/C28H28N2O4/c1-4-30(18-20-10-12-23(13-11-20)29(2)3)24-14-15-25-22(16-27(31)34-26(25)17-24)19-33-28(32)21-8-6-5-7-9-21/h5-17H,4,18-19H2,1-3H3. The molecule has 174 valence electrons. The average Bonchev–Trinajstić information content (AvgIpc) is 2.86. The van der Waals surface area contributed by atoms with Crippen molar-refractivity contribution in [2.24, 2.45) is 0 Å². The SMILES string of the molecule is CCN(Cc1ccc(N(C)C)cc1)c1ccc2c(COC(=O)c3ccccc3)cc(=O)oc2c1. The minimum Gasteiger partial charge on any atom is -0.457 e. The van der Waals surface area contributed by atoms with Crippen molar-refractivity contribution in [3.8, 4) is 0 Å². The Morgan fingerprint density at radius 3 is 2.29 bits per heavy atom. The van der Waals surface area contributed by atoms with Crippen LogP contribution in [0.15, 0.2) is 88.1 Å². The van der Waals surface area contributed by atoms with Gasteiger partial charge in [0.25, 0.3) is 0 Å². The fourth-order valence-electron chi connectivity index (χ4n) is 3.84. The number of carbonyl (C=O) groups is 1. The van der Waals surface area contributed by atoms with Crippen molar-refractivity contribution in [3.05, 3.63) is 106 Å². The van der Waals surface area contributed by atoms with Crippen LogP contribution in [0.1, 0.15) is 28.4 Å². The fourth-order valence-corrected chi connectivity index (χ4v) is 3.84. The quantitative estimate of drug-likeness (QED) is 0.267. The van der Waals surface area contributed by atoms with Crippen molar-refractivity contribution in [2.75, 3.05) is 30.4 Å². The Bertz CT molecular complexity index is 1330. The van der Waals surface area contributed by atoms with Gasteiger partial charge in [-0.25, -0.2) is 9.59 Å². The van der Waals surface area contributed by atoms with E-state index in [0.717, 1.165) is 29.9 Å². The number of rotatable bonds is 8.